The van der Waals surface area contributed by atoms with Gasteiger partial charge in [0.2, 0.25) is 0 Å². The molecule has 0 aliphatic heterocycles. The Balaban J connectivity index is 1.66. The number of benzene rings is 3. The third-order valence-electron chi connectivity index (χ3n) is 4.37. The van der Waals surface area contributed by atoms with E-state index in [0.717, 1.165) is 27.6 Å². The van der Waals surface area contributed by atoms with E-state index in [0.29, 0.717) is 16.3 Å². The summed E-state index contributed by atoms with van der Waals surface area (Å²) in [5, 5.41) is 14.6. The van der Waals surface area contributed by atoms with Crippen molar-refractivity contribution in [1.29, 1.82) is 5.26 Å². The van der Waals surface area contributed by atoms with Crippen LogP contribution in [0.2, 0.25) is 0 Å². The van der Waals surface area contributed by atoms with Crippen LogP contribution in [0.25, 0.3) is 33.7 Å². The highest BCUT2D eigenvalue weighted by Gasteiger charge is 2.11. The van der Waals surface area contributed by atoms with Crippen molar-refractivity contribution < 1.29 is 9.53 Å². The van der Waals surface area contributed by atoms with E-state index in [9.17, 15) is 10.1 Å². The Morgan fingerprint density at radius 3 is 2.59 bits per heavy atom. The van der Waals surface area contributed by atoms with Crippen molar-refractivity contribution in [2.45, 2.75) is 6.92 Å². The predicted molar refractivity (Wildman–Crippen MR) is 116 cm³/mol. The Morgan fingerprint density at radius 1 is 1.07 bits per heavy atom. The van der Waals surface area contributed by atoms with Crippen molar-refractivity contribution in [3.63, 3.8) is 0 Å². The number of nitriles is 1. The standard InChI is InChI=1S/C24H16N2O2S/c1-16(27)28-20-11-9-17(10-12-20)13-19(14-25)24-26-23(15-29-24)22-8-4-6-18-5-2-3-7-21(18)22/h2-13,15H,1H3/b19-13+. The number of rotatable bonds is 4. The SMILES string of the molecule is CC(=O)Oc1ccc(/C=C(\C#N)c2nc(-c3cccc4ccccc34)cs2)cc1. The van der Waals surface area contributed by atoms with Crippen molar-refractivity contribution in [2.75, 3.05) is 0 Å². The molecule has 0 amide bonds. The van der Waals surface area contributed by atoms with Crippen LogP contribution in [0.4, 0.5) is 0 Å². The molecule has 140 valence electrons. The number of ether oxygens (including phenoxy) is 1. The van der Waals surface area contributed by atoms with E-state index in [1.54, 1.807) is 30.3 Å². The summed E-state index contributed by atoms with van der Waals surface area (Å²) in [5.41, 5.74) is 3.22. The van der Waals surface area contributed by atoms with Gasteiger partial charge in [-0.2, -0.15) is 5.26 Å². The van der Waals surface area contributed by atoms with Gasteiger partial charge < -0.3 is 4.74 Å². The first-order valence-electron chi connectivity index (χ1n) is 8.98. The van der Waals surface area contributed by atoms with Crippen molar-refractivity contribution in [3.8, 4) is 23.1 Å². The van der Waals surface area contributed by atoms with Gasteiger partial charge in [0, 0.05) is 17.9 Å². The summed E-state index contributed by atoms with van der Waals surface area (Å²) >= 11 is 1.45. The molecule has 4 rings (SSSR count). The van der Waals surface area contributed by atoms with Gasteiger partial charge in [-0.15, -0.1) is 11.3 Å². The molecule has 0 fully saturated rings. The number of allylic oxidation sites excluding steroid dienone is 1. The Morgan fingerprint density at radius 2 is 1.83 bits per heavy atom. The van der Waals surface area contributed by atoms with Crippen LogP contribution in [0.15, 0.2) is 72.1 Å². The quantitative estimate of drug-likeness (QED) is 0.243. The number of hydrogen-bond donors (Lipinski definition) is 0. The van der Waals surface area contributed by atoms with Crippen molar-refractivity contribution in [1.82, 2.24) is 4.98 Å². The summed E-state index contributed by atoms with van der Waals surface area (Å²) in [6, 6.07) is 23.6. The Labute approximate surface area is 172 Å². The van der Waals surface area contributed by atoms with E-state index in [4.69, 9.17) is 9.72 Å². The molecular weight excluding hydrogens is 380 g/mol. The van der Waals surface area contributed by atoms with Crippen LogP contribution in [0.3, 0.4) is 0 Å². The van der Waals surface area contributed by atoms with Crippen LogP contribution in [0, 0.1) is 11.3 Å². The number of nitrogens with zero attached hydrogens (tertiary/aromatic N) is 2. The van der Waals surface area contributed by atoms with E-state index >= 15 is 0 Å². The molecule has 0 radical (unpaired) electrons. The van der Waals surface area contributed by atoms with E-state index in [2.05, 4.69) is 24.3 Å². The molecule has 5 heteroatoms. The molecule has 0 atom stereocenters. The summed E-state index contributed by atoms with van der Waals surface area (Å²) in [6.07, 6.45) is 1.78. The second-order valence-electron chi connectivity index (χ2n) is 6.40. The highest BCUT2D eigenvalue weighted by Crippen LogP contribution is 2.32. The van der Waals surface area contributed by atoms with Gasteiger partial charge in [0.25, 0.3) is 0 Å². The number of aromatic nitrogens is 1. The molecule has 4 aromatic rings. The lowest BCUT2D eigenvalue weighted by molar-refractivity contribution is -0.131. The van der Waals surface area contributed by atoms with Crippen LogP contribution >= 0.6 is 11.3 Å². The minimum Gasteiger partial charge on any atom is -0.427 e. The summed E-state index contributed by atoms with van der Waals surface area (Å²) in [7, 11) is 0. The van der Waals surface area contributed by atoms with Gasteiger partial charge in [0.05, 0.1) is 11.3 Å². The molecule has 0 aliphatic rings. The third kappa shape index (κ3) is 4.08. The summed E-state index contributed by atoms with van der Waals surface area (Å²) in [4.78, 5) is 15.7. The van der Waals surface area contributed by atoms with Crippen molar-refractivity contribution >= 4 is 39.7 Å². The summed E-state index contributed by atoms with van der Waals surface area (Å²) < 4.78 is 5.04. The normalized spacial score (nSPS) is 11.2. The minimum absolute atomic E-state index is 0.366. The lowest BCUT2D eigenvalue weighted by Gasteiger charge is -2.03. The van der Waals surface area contributed by atoms with Crippen LogP contribution in [0.5, 0.6) is 5.75 Å². The molecule has 0 spiro atoms. The van der Waals surface area contributed by atoms with E-state index in [-0.39, 0.29) is 5.97 Å². The van der Waals surface area contributed by atoms with Gasteiger partial charge >= 0.3 is 5.97 Å². The zero-order chi connectivity index (χ0) is 20.2. The second-order valence-corrected chi connectivity index (χ2v) is 7.26. The molecule has 0 saturated heterocycles. The molecule has 4 nitrogen and oxygen atoms in total. The van der Waals surface area contributed by atoms with Gasteiger partial charge in [0.1, 0.15) is 16.8 Å². The first-order valence-corrected chi connectivity index (χ1v) is 9.86. The number of thiazole rings is 1. The Hall–Kier alpha value is -3.75. The topological polar surface area (TPSA) is 63.0 Å². The Kier molecular flexibility index (Phi) is 5.19. The number of carbonyl (C=O) groups is 1. The largest absolute Gasteiger partial charge is 0.427 e. The van der Waals surface area contributed by atoms with E-state index in [1.165, 1.54) is 18.3 Å². The molecule has 0 unspecified atom stereocenters. The van der Waals surface area contributed by atoms with Crippen LogP contribution in [0.1, 0.15) is 17.5 Å². The maximum Gasteiger partial charge on any atom is 0.308 e. The maximum absolute atomic E-state index is 11.0. The molecule has 3 aromatic carbocycles. The minimum atomic E-state index is -0.366. The smallest absolute Gasteiger partial charge is 0.308 e. The van der Waals surface area contributed by atoms with Crippen molar-refractivity contribution in [3.05, 3.63) is 82.7 Å². The van der Waals surface area contributed by atoms with Gasteiger partial charge in [-0.05, 0) is 34.5 Å². The zero-order valence-electron chi connectivity index (χ0n) is 15.6. The number of hydrogen-bond acceptors (Lipinski definition) is 5. The molecule has 0 N–H and O–H groups in total. The highest BCUT2D eigenvalue weighted by atomic mass is 32.1. The lowest BCUT2D eigenvalue weighted by atomic mass is 10.0. The van der Waals surface area contributed by atoms with Gasteiger partial charge in [-0.1, -0.05) is 54.6 Å². The van der Waals surface area contributed by atoms with Gasteiger partial charge in [-0.3, -0.25) is 4.79 Å². The molecule has 0 saturated carbocycles. The van der Waals surface area contributed by atoms with Crippen LogP contribution in [-0.4, -0.2) is 11.0 Å². The predicted octanol–water partition coefficient (Wildman–Crippen LogP) is 5.95. The molecule has 1 aromatic heterocycles. The van der Waals surface area contributed by atoms with Crippen molar-refractivity contribution in [2.24, 2.45) is 0 Å². The number of carbonyl (C=O) groups excluding carboxylic acids is 1. The van der Waals surface area contributed by atoms with Crippen LogP contribution in [-0.2, 0) is 4.79 Å². The summed E-state index contributed by atoms with van der Waals surface area (Å²) in [5.74, 6) is 0.107. The van der Waals surface area contributed by atoms with E-state index < -0.39 is 0 Å². The molecule has 1 heterocycles. The fourth-order valence-corrected chi connectivity index (χ4v) is 3.86. The maximum atomic E-state index is 11.0. The fraction of sp³-hybridized carbons (Fsp3) is 0.0417. The van der Waals surface area contributed by atoms with Gasteiger partial charge in [0.15, 0.2) is 0 Å². The van der Waals surface area contributed by atoms with Crippen LogP contribution < -0.4 is 4.74 Å². The summed E-state index contributed by atoms with van der Waals surface area (Å²) in [6.45, 7) is 1.36. The average Bonchev–Trinajstić information content (AvgIpc) is 3.22. The number of fused-ring (bicyclic) bond motifs is 1. The molecule has 29 heavy (non-hydrogen) atoms. The molecule has 0 bridgehead atoms. The highest BCUT2D eigenvalue weighted by molar-refractivity contribution is 7.11. The second kappa shape index (κ2) is 8.09. The molecule has 0 aliphatic carbocycles. The Bertz CT molecular complexity index is 1260. The number of esters is 1. The fourth-order valence-electron chi connectivity index (χ4n) is 3.08. The monoisotopic (exact) mass is 396 g/mol. The lowest BCUT2D eigenvalue weighted by Crippen LogP contribution is -2.00. The third-order valence-corrected chi connectivity index (χ3v) is 5.25. The molecular formula is C24H16N2O2S. The van der Waals surface area contributed by atoms with Gasteiger partial charge in [-0.25, -0.2) is 4.98 Å². The first-order chi connectivity index (χ1) is 14.1. The average molecular weight is 396 g/mol. The first kappa shape index (κ1) is 18.6. The van der Waals surface area contributed by atoms with E-state index in [1.807, 2.05) is 29.6 Å². The zero-order valence-corrected chi connectivity index (χ0v) is 16.4.